The molecule has 0 radical (unpaired) electrons. The number of hydrogen-bond acceptors (Lipinski definition) is 2. The molecule has 0 aliphatic heterocycles. The van der Waals surface area contributed by atoms with Crippen LogP contribution in [0.1, 0.15) is 17.7 Å². The van der Waals surface area contributed by atoms with Crippen molar-refractivity contribution >= 4 is 24.1 Å². The molecular formula is C18H16BNO2. The van der Waals surface area contributed by atoms with Crippen LogP contribution in [0.15, 0.2) is 60.1 Å². The third-order valence-electron chi connectivity index (χ3n) is 4.34. The van der Waals surface area contributed by atoms with Crippen molar-refractivity contribution in [2.45, 2.75) is 12.8 Å². The zero-order valence-corrected chi connectivity index (χ0v) is 12.1. The second-order valence-corrected chi connectivity index (χ2v) is 5.64. The fourth-order valence-corrected chi connectivity index (χ4v) is 3.32. The van der Waals surface area contributed by atoms with Crippen LogP contribution in [0.5, 0.6) is 0 Å². The summed E-state index contributed by atoms with van der Waals surface area (Å²) in [4.78, 5) is 0. The predicted molar refractivity (Wildman–Crippen MR) is 89.8 cm³/mol. The summed E-state index contributed by atoms with van der Waals surface area (Å²) >= 11 is 0. The molecule has 1 aromatic heterocycles. The van der Waals surface area contributed by atoms with E-state index in [2.05, 4.69) is 28.8 Å². The molecule has 2 N–H and O–H groups in total. The van der Waals surface area contributed by atoms with E-state index in [9.17, 15) is 10.0 Å². The van der Waals surface area contributed by atoms with Crippen LogP contribution in [0.3, 0.4) is 0 Å². The number of aromatic nitrogens is 1. The summed E-state index contributed by atoms with van der Waals surface area (Å²) in [6, 6.07) is 18.6. The zero-order valence-electron chi connectivity index (χ0n) is 12.1. The van der Waals surface area contributed by atoms with Crippen LogP contribution in [-0.2, 0) is 6.42 Å². The van der Waals surface area contributed by atoms with Crippen LogP contribution in [-0.4, -0.2) is 21.7 Å². The van der Waals surface area contributed by atoms with Gasteiger partial charge in [-0.3, -0.25) is 0 Å². The summed E-state index contributed by atoms with van der Waals surface area (Å²) < 4.78 is 2.28. The lowest BCUT2D eigenvalue weighted by Gasteiger charge is -2.16. The molecular weight excluding hydrogens is 273 g/mol. The van der Waals surface area contributed by atoms with Crippen molar-refractivity contribution < 1.29 is 10.0 Å². The molecule has 3 nitrogen and oxygen atoms in total. The second-order valence-electron chi connectivity index (χ2n) is 5.64. The molecule has 0 amide bonds. The van der Waals surface area contributed by atoms with Gasteiger partial charge in [-0.25, -0.2) is 0 Å². The van der Waals surface area contributed by atoms with Gasteiger partial charge in [0, 0.05) is 22.3 Å². The quantitative estimate of drug-likeness (QED) is 0.712. The summed E-state index contributed by atoms with van der Waals surface area (Å²) in [7, 11) is -1.37. The summed E-state index contributed by atoms with van der Waals surface area (Å²) in [5.41, 5.74) is 5.32. The molecule has 0 saturated heterocycles. The molecule has 1 aliphatic rings. The van der Waals surface area contributed by atoms with Crippen molar-refractivity contribution in [1.82, 2.24) is 4.57 Å². The van der Waals surface area contributed by atoms with Gasteiger partial charge in [-0.05, 0) is 36.5 Å². The Hall–Kier alpha value is -2.30. The fourth-order valence-electron chi connectivity index (χ4n) is 3.32. The SMILES string of the molecule is OB(O)C1=Cc2c(n(-c3ccccc3)c3ccccc23)CC1. The average molecular weight is 289 g/mol. The van der Waals surface area contributed by atoms with Gasteiger partial charge in [0.25, 0.3) is 0 Å². The lowest BCUT2D eigenvalue weighted by Crippen LogP contribution is -2.18. The number of fused-ring (bicyclic) bond motifs is 3. The topological polar surface area (TPSA) is 45.4 Å². The predicted octanol–water partition coefficient (Wildman–Crippen LogP) is 2.97. The van der Waals surface area contributed by atoms with E-state index >= 15 is 0 Å². The Labute approximate surface area is 129 Å². The molecule has 4 rings (SSSR count). The van der Waals surface area contributed by atoms with Gasteiger partial charge in [0.05, 0.1) is 5.52 Å². The molecule has 1 aliphatic carbocycles. The Morgan fingerprint density at radius 2 is 1.59 bits per heavy atom. The molecule has 3 aromatic rings. The third-order valence-corrected chi connectivity index (χ3v) is 4.34. The van der Waals surface area contributed by atoms with E-state index in [1.54, 1.807) is 0 Å². The molecule has 2 aromatic carbocycles. The van der Waals surface area contributed by atoms with Crippen molar-refractivity contribution in [3.05, 3.63) is 71.3 Å². The van der Waals surface area contributed by atoms with E-state index < -0.39 is 7.12 Å². The number of benzene rings is 2. The van der Waals surface area contributed by atoms with E-state index in [0.717, 1.165) is 28.6 Å². The van der Waals surface area contributed by atoms with Gasteiger partial charge in [0.1, 0.15) is 0 Å². The van der Waals surface area contributed by atoms with Crippen LogP contribution in [0, 0.1) is 0 Å². The van der Waals surface area contributed by atoms with Gasteiger partial charge >= 0.3 is 7.12 Å². The van der Waals surface area contributed by atoms with Crippen LogP contribution in [0.25, 0.3) is 22.7 Å². The number of rotatable bonds is 2. The van der Waals surface area contributed by atoms with E-state index in [1.807, 2.05) is 36.4 Å². The summed E-state index contributed by atoms with van der Waals surface area (Å²) in [6.07, 6.45) is 3.42. The Morgan fingerprint density at radius 3 is 2.36 bits per heavy atom. The highest BCUT2D eigenvalue weighted by molar-refractivity contribution is 6.52. The van der Waals surface area contributed by atoms with Crippen LogP contribution < -0.4 is 0 Å². The standard InChI is InChI=1S/C18H16BNO2/c21-19(22)13-10-11-18-16(12-13)15-8-4-5-9-17(15)20(18)14-6-2-1-3-7-14/h1-9,12,21-22H,10-11H2. The molecule has 0 bridgehead atoms. The van der Waals surface area contributed by atoms with Gasteiger partial charge in [-0.2, -0.15) is 0 Å². The first-order chi connectivity index (χ1) is 10.8. The maximum Gasteiger partial charge on any atom is 0.484 e. The Morgan fingerprint density at radius 1 is 0.864 bits per heavy atom. The molecule has 1 heterocycles. The summed E-state index contributed by atoms with van der Waals surface area (Å²) in [5.74, 6) is 0. The molecule has 0 spiro atoms. The molecule has 0 atom stereocenters. The Kier molecular flexibility index (Phi) is 3.14. The van der Waals surface area contributed by atoms with Crippen molar-refractivity contribution in [3.8, 4) is 5.69 Å². The van der Waals surface area contributed by atoms with E-state index in [-0.39, 0.29) is 0 Å². The van der Waals surface area contributed by atoms with Gasteiger partial charge in [-0.15, -0.1) is 0 Å². The molecule has 108 valence electrons. The minimum Gasteiger partial charge on any atom is -0.423 e. The molecule has 22 heavy (non-hydrogen) atoms. The summed E-state index contributed by atoms with van der Waals surface area (Å²) in [5, 5.41) is 20.1. The highest BCUT2D eigenvalue weighted by Crippen LogP contribution is 2.35. The molecule has 0 unspecified atom stereocenters. The summed E-state index contributed by atoms with van der Waals surface area (Å²) in [6.45, 7) is 0. The first kappa shape index (κ1) is 13.4. The van der Waals surface area contributed by atoms with Crippen LogP contribution >= 0.6 is 0 Å². The monoisotopic (exact) mass is 289 g/mol. The zero-order chi connectivity index (χ0) is 15.1. The highest BCUT2D eigenvalue weighted by Gasteiger charge is 2.24. The smallest absolute Gasteiger partial charge is 0.423 e. The van der Waals surface area contributed by atoms with Gasteiger partial charge in [0.2, 0.25) is 0 Å². The molecule has 0 saturated carbocycles. The fraction of sp³-hybridized carbons (Fsp3) is 0.111. The number of hydrogen-bond donors (Lipinski definition) is 2. The van der Waals surface area contributed by atoms with E-state index in [1.165, 1.54) is 5.69 Å². The minimum atomic E-state index is -1.37. The van der Waals surface area contributed by atoms with Gasteiger partial charge in [0.15, 0.2) is 0 Å². The third kappa shape index (κ3) is 2.00. The first-order valence-corrected chi connectivity index (χ1v) is 7.50. The van der Waals surface area contributed by atoms with Gasteiger partial charge < -0.3 is 14.6 Å². The van der Waals surface area contributed by atoms with Crippen molar-refractivity contribution in [1.29, 1.82) is 0 Å². The normalized spacial score (nSPS) is 13.8. The van der Waals surface area contributed by atoms with Crippen molar-refractivity contribution in [2.24, 2.45) is 0 Å². The largest absolute Gasteiger partial charge is 0.484 e. The number of allylic oxidation sites excluding steroid dienone is 1. The lowest BCUT2D eigenvalue weighted by molar-refractivity contribution is 0.416. The van der Waals surface area contributed by atoms with Gasteiger partial charge in [-0.1, -0.05) is 42.5 Å². The first-order valence-electron chi connectivity index (χ1n) is 7.50. The molecule has 0 fully saturated rings. The van der Waals surface area contributed by atoms with E-state index in [0.29, 0.717) is 11.9 Å². The lowest BCUT2D eigenvalue weighted by atomic mass is 9.73. The molecule has 4 heteroatoms. The van der Waals surface area contributed by atoms with Crippen LogP contribution in [0.4, 0.5) is 0 Å². The maximum absolute atomic E-state index is 9.48. The second kappa shape index (κ2) is 5.16. The Balaban J connectivity index is 2.04. The van der Waals surface area contributed by atoms with Crippen molar-refractivity contribution in [3.63, 3.8) is 0 Å². The number of para-hydroxylation sites is 2. The minimum absolute atomic E-state index is 0.674. The van der Waals surface area contributed by atoms with Crippen molar-refractivity contribution in [2.75, 3.05) is 0 Å². The Bertz CT molecular complexity index is 865. The maximum atomic E-state index is 9.48. The number of nitrogens with zero attached hydrogens (tertiary/aromatic N) is 1. The highest BCUT2D eigenvalue weighted by atomic mass is 16.4. The van der Waals surface area contributed by atoms with Crippen LogP contribution in [0.2, 0.25) is 0 Å². The average Bonchev–Trinajstić information content (AvgIpc) is 2.89. The van der Waals surface area contributed by atoms with E-state index in [4.69, 9.17) is 0 Å².